The van der Waals surface area contributed by atoms with E-state index in [1.54, 1.807) is 0 Å². The summed E-state index contributed by atoms with van der Waals surface area (Å²) in [4.78, 5) is 11.6. The maximum atomic E-state index is 11.6. The third-order valence-electron chi connectivity index (χ3n) is 3.05. The molecule has 0 saturated carbocycles. The van der Waals surface area contributed by atoms with Crippen LogP contribution in [-0.4, -0.2) is 5.78 Å². The monoisotopic (exact) mass is 232 g/mol. The Morgan fingerprint density at radius 3 is 2.12 bits per heavy atom. The van der Waals surface area contributed by atoms with Gasteiger partial charge in [0.15, 0.2) is 0 Å². The first-order valence-electron chi connectivity index (χ1n) is 6.85. The first-order valence-corrected chi connectivity index (χ1v) is 6.85. The number of hydrogen-bond donors (Lipinski definition) is 0. The number of aryl methyl sites for hydroxylation is 1. The Morgan fingerprint density at radius 2 is 1.53 bits per heavy atom. The third-order valence-corrected chi connectivity index (χ3v) is 3.05. The maximum Gasteiger partial charge on any atom is 0.137 e. The van der Waals surface area contributed by atoms with E-state index < -0.39 is 0 Å². The fourth-order valence-electron chi connectivity index (χ4n) is 1.89. The summed E-state index contributed by atoms with van der Waals surface area (Å²) >= 11 is 0. The molecule has 0 N–H and O–H groups in total. The molecule has 0 heterocycles. The van der Waals surface area contributed by atoms with Gasteiger partial charge >= 0.3 is 0 Å². The molecule has 17 heavy (non-hydrogen) atoms. The summed E-state index contributed by atoms with van der Waals surface area (Å²) in [6.07, 6.45) is 7.09. The number of carbonyl (C=O) groups is 1. The van der Waals surface area contributed by atoms with Crippen LogP contribution >= 0.6 is 0 Å². The van der Waals surface area contributed by atoms with Crippen LogP contribution in [0.2, 0.25) is 0 Å². The minimum Gasteiger partial charge on any atom is -0.299 e. The first-order chi connectivity index (χ1) is 8.26. The van der Waals surface area contributed by atoms with Gasteiger partial charge in [-0.2, -0.15) is 0 Å². The van der Waals surface area contributed by atoms with Crippen LogP contribution in [0.4, 0.5) is 0 Å². The lowest BCUT2D eigenvalue weighted by atomic mass is 10.0. The van der Waals surface area contributed by atoms with E-state index in [1.807, 2.05) is 0 Å². The Kier molecular flexibility index (Phi) is 6.61. The molecule has 0 amide bonds. The van der Waals surface area contributed by atoms with Crippen LogP contribution in [-0.2, 0) is 17.6 Å². The highest BCUT2D eigenvalue weighted by Crippen LogP contribution is 2.10. The van der Waals surface area contributed by atoms with Crippen LogP contribution in [0, 0.1) is 0 Å². The second-order valence-electron chi connectivity index (χ2n) is 4.74. The maximum absolute atomic E-state index is 11.6. The van der Waals surface area contributed by atoms with Gasteiger partial charge in [0, 0.05) is 12.8 Å². The molecule has 0 aliphatic carbocycles. The molecule has 0 bridgehead atoms. The van der Waals surface area contributed by atoms with Gasteiger partial charge in [-0.15, -0.1) is 0 Å². The van der Waals surface area contributed by atoms with Gasteiger partial charge in [-0.1, -0.05) is 51.0 Å². The molecule has 0 atom stereocenters. The summed E-state index contributed by atoms with van der Waals surface area (Å²) in [6, 6.07) is 8.54. The Morgan fingerprint density at radius 1 is 0.941 bits per heavy atom. The van der Waals surface area contributed by atoms with Gasteiger partial charge in [-0.3, -0.25) is 4.79 Å². The Balaban J connectivity index is 2.42. The fourth-order valence-corrected chi connectivity index (χ4v) is 1.89. The molecule has 1 aromatic carbocycles. The molecular formula is C16H24O. The van der Waals surface area contributed by atoms with Crippen molar-refractivity contribution >= 4 is 5.78 Å². The zero-order valence-corrected chi connectivity index (χ0v) is 11.2. The number of unbranched alkanes of at least 4 members (excludes halogenated alkanes) is 2. The van der Waals surface area contributed by atoms with E-state index in [0.29, 0.717) is 12.2 Å². The second kappa shape index (κ2) is 8.05. The van der Waals surface area contributed by atoms with Crippen molar-refractivity contribution in [2.45, 2.75) is 58.8 Å². The molecule has 1 nitrogen and oxygen atoms in total. The van der Waals surface area contributed by atoms with Crippen LogP contribution < -0.4 is 0 Å². The van der Waals surface area contributed by atoms with Crippen molar-refractivity contribution < 1.29 is 4.79 Å². The lowest BCUT2D eigenvalue weighted by Gasteiger charge is -2.03. The van der Waals surface area contributed by atoms with Crippen molar-refractivity contribution in [3.8, 4) is 0 Å². The van der Waals surface area contributed by atoms with E-state index in [2.05, 4.69) is 38.1 Å². The Bertz CT molecular complexity index is 324. The summed E-state index contributed by atoms with van der Waals surface area (Å²) in [5.41, 5.74) is 2.54. The van der Waals surface area contributed by atoms with Crippen LogP contribution in [0.25, 0.3) is 0 Å². The van der Waals surface area contributed by atoms with Crippen molar-refractivity contribution in [2.75, 3.05) is 0 Å². The number of rotatable bonds is 8. The van der Waals surface area contributed by atoms with E-state index in [1.165, 1.54) is 18.4 Å². The van der Waals surface area contributed by atoms with Gasteiger partial charge in [-0.05, 0) is 30.4 Å². The molecule has 0 aliphatic heterocycles. The van der Waals surface area contributed by atoms with E-state index in [-0.39, 0.29) is 0 Å². The molecule has 0 unspecified atom stereocenters. The van der Waals surface area contributed by atoms with Crippen molar-refractivity contribution in [3.63, 3.8) is 0 Å². The lowest BCUT2D eigenvalue weighted by molar-refractivity contribution is -0.118. The summed E-state index contributed by atoms with van der Waals surface area (Å²) in [5.74, 6) is 0.369. The predicted molar refractivity (Wildman–Crippen MR) is 73.3 cm³/mol. The highest BCUT2D eigenvalue weighted by atomic mass is 16.1. The summed E-state index contributed by atoms with van der Waals surface area (Å²) < 4.78 is 0. The highest BCUT2D eigenvalue weighted by molar-refractivity contribution is 5.80. The molecule has 0 spiro atoms. The summed E-state index contributed by atoms with van der Waals surface area (Å²) in [6.45, 7) is 4.33. The van der Waals surface area contributed by atoms with E-state index in [9.17, 15) is 4.79 Å². The number of hydrogen-bond acceptors (Lipinski definition) is 1. The average Bonchev–Trinajstić information content (AvgIpc) is 2.35. The van der Waals surface area contributed by atoms with E-state index in [4.69, 9.17) is 0 Å². The van der Waals surface area contributed by atoms with Crippen LogP contribution in [0.5, 0.6) is 0 Å². The molecule has 0 aromatic heterocycles. The first kappa shape index (κ1) is 14.0. The van der Waals surface area contributed by atoms with Crippen molar-refractivity contribution in [3.05, 3.63) is 35.4 Å². The van der Waals surface area contributed by atoms with Gasteiger partial charge < -0.3 is 0 Å². The number of benzene rings is 1. The SMILES string of the molecule is CCCCC(=O)Cc1ccc(CCCC)cc1. The standard InChI is InChI=1S/C16H24O/c1-3-5-7-14-9-11-15(12-10-14)13-16(17)8-6-4-2/h9-12H,3-8,13H2,1-2H3. The van der Waals surface area contributed by atoms with E-state index >= 15 is 0 Å². The van der Waals surface area contributed by atoms with Crippen LogP contribution in [0.3, 0.4) is 0 Å². The highest BCUT2D eigenvalue weighted by Gasteiger charge is 2.03. The molecule has 1 heteroatoms. The second-order valence-corrected chi connectivity index (χ2v) is 4.74. The van der Waals surface area contributed by atoms with Crippen molar-refractivity contribution in [2.24, 2.45) is 0 Å². The number of carbonyl (C=O) groups excluding carboxylic acids is 1. The molecule has 0 fully saturated rings. The minimum absolute atomic E-state index is 0.369. The zero-order valence-electron chi connectivity index (χ0n) is 11.2. The van der Waals surface area contributed by atoms with Gasteiger partial charge in [0.25, 0.3) is 0 Å². The minimum atomic E-state index is 0.369. The van der Waals surface area contributed by atoms with Crippen molar-refractivity contribution in [1.82, 2.24) is 0 Å². The fraction of sp³-hybridized carbons (Fsp3) is 0.562. The molecular weight excluding hydrogens is 208 g/mol. The summed E-state index contributed by atoms with van der Waals surface area (Å²) in [5, 5.41) is 0. The largest absolute Gasteiger partial charge is 0.299 e. The topological polar surface area (TPSA) is 17.1 Å². The summed E-state index contributed by atoms with van der Waals surface area (Å²) in [7, 11) is 0. The van der Waals surface area contributed by atoms with Crippen molar-refractivity contribution in [1.29, 1.82) is 0 Å². The van der Waals surface area contributed by atoms with Crippen LogP contribution in [0.1, 0.15) is 57.1 Å². The predicted octanol–water partition coefficient (Wildman–Crippen LogP) is 4.33. The smallest absolute Gasteiger partial charge is 0.137 e. The third kappa shape index (κ3) is 5.67. The lowest BCUT2D eigenvalue weighted by Crippen LogP contribution is -2.02. The Labute approximate surface area is 105 Å². The quantitative estimate of drug-likeness (QED) is 0.652. The number of ketones is 1. The molecule has 94 valence electrons. The zero-order chi connectivity index (χ0) is 12.5. The molecule has 0 radical (unpaired) electrons. The van der Waals surface area contributed by atoms with Gasteiger partial charge in [-0.25, -0.2) is 0 Å². The molecule has 0 aliphatic rings. The molecule has 0 saturated heterocycles. The van der Waals surface area contributed by atoms with Gasteiger partial charge in [0.05, 0.1) is 0 Å². The van der Waals surface area contributed by atoms with E-state index in [0.717, 1.165) is 31.2 Å². The normalized spacial score (nSPS) is 10.5. The molecule has 1 aromatic rings. The van der Waals surface area contributed by atoms with Gasteiger partial charge in [0.2, 0.25) is 0 Å². The molecule has 1 rings (SSSR count). The number of Topliss-reactive ketones (excluding diaryl/α,β-unsaturated/α-hetero) is 1. The van der Waals surface area contributed by atoms with Crippen LogP contribution in [0.15, 0.2) is 24.3 Å². The Hall–Kier alpha value is -1.11. The average molecular weight is 232 g/mol. The van der Waals surface area contributed by atoms with Gasteiger partial charge in [0.1, 0.15) is 5.78 Å².